The van der Waals surface area contributed by atoms with Crippen LogP contribution in [0.2, 0.25) is 0 Å². The highest BCUT2D eigenvalue weighted by Gasteiger charge is 2.25. The molecule has 0 saturated heterocycles. The topological polar surface area (TPSA) is 81.1 Å². The Hall–Kier alpha value is -2.57. The number of aromatic nitrogens is 3. The first kappa shape index (κ1) is 15.3. The number of urea groups is 1. The Bertz CT molecular complexity index is 680. The predicted octanol–water partition coefficient (Wildman–Crippen LogP) is 2.51. The second kappa shape index (κ2) is 6.68. The van der Waals surface area contributed by atoms with Gasteiger partial charge in [-0.15, -0.1) is 0 Å². The smallest absolute Gasteiger partial charge is 0.319 e. The van der Waals surface area contributed by atoms with Crippen molar-refractivity contribution < 1.29 is 9.53 Å². The number of carbonyl (C=O) groups is 1. The Morgan fingerprint density at radius 2 is 2.17 bits per heavy atom. The minimum Gasteiger partial charge on any atom is -0.497 e. The number of aryl methyl sites for hydroxylation is 2. The number of ether oxygens (including phenoxy) is 1. The van der Waals surface area contributed by atoms with Crippen molar-refractivity contribution in [2.45, 2.75) is 38.8 Å². The third-order valence-electron chi connectivity index (χ3n) is 3.89. The molecule has 0 spiro atoms. The van der Waals surface area contributed by atoms with Crippen LogP contribution in [-0.2, 0) is 13.0 Å². The summed E-state index contributed by atoms with van der Waals surface area (Å²) in [6.07, 6.45) is 2.65. The number of carbonyl (C=O) groups excluding carboxylic acids is 1. The molecule has 7 heteroatoms. The molecule has 1 aromatic carbocycles. The molecule has 0 fully saturated rings. The zero-order chi connectivity index (χ0) is 16.2. The van der Waals surface area contributed by atoms with Gasteiger partial charge in [-0.2, -0.15) is 5.10 Å². The van der Waals surface area contributed by atoms with Gasteiger partial charge >= 0.3 is 6.03 Å². The van der Waals surface area contributed by atoms with Gasteiger partial charge in [0, 0.05) is 18.7 Å². The van der Waals surface area contributed by atoms with Crippen molar-refractivity contribution in [2.24, 2.45) is 0 Å². The van der Waals surface area contributed by atoms with Gasteiger partial charge in [0.2, 0.25) is 0 Å². The maximum Gasteiger partial charge on any atom is 0.319 e. The summed E-state index contributed by atoms with van der Waals surface area (Å²) in [6, 6.07) is 6.87. The zero-order valence-corrected chi connectivity index (χ0v) is 13.4. The summed E-state index contributed by atoms with van der Waals surface area (Å²) in [5, 5.41) is 10.3. The van der Waals surface area contributed by atoms with Crippen molar-refractivity contribution in [2.75, 3.05) is 12.4 Å². The molecule has 1 aliphatic heterocycles. The van der Waals surface area contributed by atoms with Crippen LogP contribution >= 0.6 is 0 Å². The largest absolute Gasteiger partial charge is 0.497 e. The Balaban J connectivity index is 1.65. The molecule has 7 nitrogen and oxygen atoms in total. The summed E-state index contributed by atoms with van der Waals surface area (Å²) < 4.78 is 7.00. The molecular weight excluding hydrogens is 294 g/mol. The number of benzene rings is 1. The number of nitrogens with one attached hydrogen (secondary N) is 2. The first-order chi connectivity index (χ1) is 11.2. The van der Waals surface area contributed by atoms with Crippen molar-refractivity contribution in [3.63, 3.8) is 0 Å². The lowest BCUT2D eigenvalue weighted by Gasteiger charge is -2.23. The van der Waals surface area contributed by atoms with E-state index in [9.17, 15) is 4.79 Å². The molecule has 1 aliphatic rings. The van der Waals surface area contributed by atoms with Gasteiger partial charge in [-0.1, -0.05) is 6.92 Å². The number of fused-ring (bicyclic) bond motifs is 1. The summed E-state index contributed by atoms with van der Waals surface area (Å²) in [5.74, 6) is 2.42. The standard InChI is InChI=1S/C16H21N5O2/c1-3-14-19-15-13(5-4-10-21(15)20-14)18-16(22)17-11-6-8-12(23-2)9-7-11/h6-9,13H,3-5,10H2,1-2H3,(H2,17,18,22). The molecule has 1 unspecified atom stereocenters. The lowest BCUT2D eigenvalue weighted by Crippen LogP contribution is -2.36. The Kier molecular flexibility index (Phi) is 4.45. The van der Waals surface area contributed by atoms with Gasteiger partial charge < -0.3 is 15.4 Å². The van der Waals surface area contributed by atoms with Crippen molar-refractivity contribution in [1.82, 2.24) is 20.1 Å². The highest BCUT2D eigenvalue weighted by Crippen LogP contribution is 2.23. The Morgan fingerprint density at radius 3 is 2.87 bits per heavy atom. The predicted molar refractivity (Wildman–Crippen MR) is 86.5 cm³/mol. The highest BCUT2D eigenvalue weighted by atomic mass is 16.5. The van der Waals surface area contributed by atoms with Crippen LogP contribution in [0.1, 0.15) is 37.5 Å². The molecule has 2 heterocycles. The number of anilines is 1. The minimum absolute atomic E-state index is 0.102. The molecule has 0 saturated carbocycles. The highest BCUT2D eigenvalue weighted by molar-refractivity contribution is 5.89. The molecular formula is C16H21N5O2. The summed E-state index contributed by atoms with van der Waals surface area (Å²) in [5.41, 5.74) is 0.717. The average Bonchev–Trinajstić information content (AvgIpc) is 3.00. The molecule has 122 valence electrons. The van der Waals surface area contributed by atoms with E-state index in [0.717, 1.165) is 48.9 Å². The average molecular weight is 315 g/mol. The van der Waals surface area contributed by atoms with Crippen LogP contribution in [0, 0.1) is 0 Å². The van der Waals surface area contributed by atoms with Crippen LogP contribution < -0.4 is 15.4 Å². The summed E-state index contributed by atoms with van der Waals surface area (Å²) >= 11 is 0. The molecule has 3 rings (SSSR count). The fourth-order valence-corrected chi connectivity index (χ4v) is 2.69. The number of amides is 2. The Morgan fingerprint density at radius 1 is 1.39 bits per heavy atom. The molecule has 2 N–H and O–H groups in total. The van der Waals surface area contributed by atoms with E-state index in [1.165, 1.54) is 0 Å². The summed E-state index contributed by atoms with van der Waals surface area (Å²) in [6.45, 7) is 2.89. The van der Waals surface area contributed by atoms with Gasteiger partial charge in [-0.05, 0) is 37.1 Å². The molecule has 0 bridgehead atoms. The van der Waals surface area contributed by atoms with Crippen molar-refractivity contribution in [3.8, 4) is 5.75 Å². The van der Waals surface area contributed by atoms with Gasteiger partial charge in [0.05, 0.1) is 13.2 Å². The fraction of sp³-hybridized carbons (Fsp3) is 0.438. The second-order valence-electron chi connectivity index (χ2n) is 5.48. The van der Waals surface area contributed by atoms with Crippen molar-refractivity contribution >= 4 is 11.7 Å². The fourth-order valence-electron chi connectivity index (χ4n) is 2.69. The van der Waals surface area contributed by atoms with Crippen LogP contribution in [-0.4, -0.2) is 27.9 Å². The van der Waals surface area contributed by atoms with E-state index in [-0.39, 0.29) is 12.1 Å². The normalized spacial score (nSPS) is 16.5. The van der Waals surface area contributed by atoms with Crippen LogP contribution in [0.15, 0.2) is 24.3 Å². The van der Waals surface area contributed by atoms with Crippen LogP contribution in [0.25, 0.3) is 0 Å². The van der Waals surface area contributed by atoms with Gasteiger partial charge in [-0.3, -0.25) is 0 Å². The SMILES string of the molecule is CCc1nc2n(n1)CCCC2NC(=O)Nc1ccc(OC)cc1. The van der Waals surface area contributed by atoms with Crippen LogP contribution in [0.3, 0.4) is 0 Å². The van der Waals surface area contributed by atoms with Gasteiger partial charge in [0.1, 0.15) is 11.6 Å². The maximum atomic E-state index is 12.2. The molecule has 0 radical (unpaired) electrons. The van der Waals surface area contributed by atoms with E-state index >= 15 is 0 Å². The molecule has 0 aliphatic carbocycles. The lowest BCUT2D eigenvalue weighted by atomic mass is 10.1. The van der Waals surface area contributed by atoms with Crippen molar-refractivity contribution in [1.29, 1.82) is 0 Å². The number of rotatable bonds is 4. The van der Waals surface area contributed by atoms with Gasteiger partial charge in [0.15, 0.2) is 5.82 Å². The molecule has 2 aromatic rings. The molecule has 1 aromatic heterocycles. The van der Waals surface area contributed by atoms with Gasteiger partial charge in [0.25, 0.3) is 0 Å². The summed E-state index contributed by atoms with van der Waals surface area (Å²) in [4.78, 5) is 16.7. The first-order valence-electron chi connectivity index (χ1n) is 7.84. The number of methoxy groups -OCH3 is 1. The van der Waals surface area contributed by atoms with Crippen LogP contribution in [0.4, 0.5) is 10.5 Å². The molecule has 1 atom stereocenters. The lowest BCUT2D eigenvalue weighted by molar-refractivity contribution is 0.244. The molecule has 23 heavy (non-hydrogen) atoms. The Labute approximate surface area is 135 Å². The minimum atomic E-state index is -0.241. The second-order valence-corrected chi connectivity index (χ2v) is 5.48. The van der Waals surface area contributed by atoms with E-state index in [0.29, 0.717) is 0 Å². The first-order valence-corrected chi connectivity index (χ1v) is 7.84. The number of hydrogen-bond acceptors (Lipinski definition) is 4. The van der Waals surface area contributed by atoms with Crippen LogP contribution in [0.5, 0.6) is 5.75 Å². The van der Waals surface area contributed by atoms with E-state index in [4.69, 9.17) is 4.74 Å². The quantitative estimate of drug-likeness (QED) is 0.908. The van der Waals surface area contributed by atoms with E-state index in [2.05, 4.69) is 20.7 Å². The third-order valence-corrected chi connectivity index (χ3v) is 3.89. The number of nitrogens with zero attached hydrogens (tertiary/aromatic N) is 3. The maximum absolute atomic E-state index is 12.2. The van der Waals surface area contributed by atoms with Gasteiger partial charge in [-0.25, -0.2) is 14.5 Å². The van der Waals surface area contributed by atoms with Crippen molar-refractivity contribution in [3.05, 3.63) is 35.9 Å². The monoisotopic (exact) mass is 315 g/mol. The number of hydrogen-bond donors (Lipinski definition) is 2. The van der Waals surface area contributed by atoms with E-state index < -0.39 is 0 Å². The third kappa shape index (κ3) is 3.44. The summed E-state index contributed by atoms with van der Waals surface area (Å²) in [7, 11) is 1.61. The molecule has 2 amide bonds. The van der Waals surface area contributed by atoms with E-state index in [1.807, 2.05) is 11.6 Å². The zero-order valence-electron chi connectivity index (χ0n) is 13.4. The van der Waals surface area contributed by atoms with E-state index in [1.54, 1.807) is 31.4 Å².